The van der Waals surface area contributed by atoms with E-state index in [0.717, 1.165) is 10.9 Å². The molecule has 2 aromatic rings. The second kappa shape index (κ2) is 3.59. The third-order valence-corrected chi connectivity index (χ3v) is 2.74. The van der Waals surface area contributed by atoms with Crippen molar-refractivity contribution in [3.05, 3.63) is 28.9 Å². The van der Waals surface area contributed by atoms with Crippen molar-refractivity contribution in [3.8, 4) is 0 Å². The third kappa shape index (κ3) is 1.83. The number of benzene rings is 1. The van der Waals surface area contributed by atoms with E-state index in [2.05, 4.69) is 10.2 Å². The molecule has 1 aromatic heterocycles. The summed E-state index contributed by atoms with van der Waals surface area (Å²) in [5.74, 6) is 0.0810. The van der Waals surface area contributed by atoms with Crippen LogP contribution in [0.1, 0.15) is 31.1 Å². The van der Waals surface area contributed by atoms with Crippen molar-refractivity contribution in [1.82, 2.24) is 10.2 Å². The van der Waals surface area contributed by atoms with Crippen LogP contribution in [0.5, 0.6) is 0 Å². The van der Waals surface area contributed by atoms with Crippen LogP contribution < -0.4 is 0 Å². The molecule has 0 saturated carbocycles. The summed E-state index contributed by atoms with van der Waals surface area (Å²) in [4.78, 5) is 12.1. The molecule has 0 bridgehead atoms. The smallest absolute Gasteiger partial charge is 0.168 e. The first kappa shape index (κ1) is 11.1. The van der Waals surface area contributed by atoms with Crippen molar-refractivity contribution in [2.24, 2.45) is 5.41 Å². The summed E-state index contributed by atoms with van der Waals surface area (Å²) in [6.45, 7) is 5.68. The number of ketones is 1. The van der Waals surface area contributed by atoms with Gasteiger partial charge < -0.3 is 0 Å². The number of nitrogens with one attached hydrogen (secondary N) is 1. The van der Waals surface area contributed by atoms with Gasteiger partial charge in [0.25, 0.3) is 0 Å². The first-order valence-corrected chi connectivity index (χ1v) is 5.45. The molecule has 0 amide bonds. The Balaban J connectivity index is 2.58. The summed E-state index contributed by atoms with van der Waals surface area (Å²) in [7, 11) is 0. The number of halogens is 1. The van der Waals surface area contributed by atoms with Gasteiger partial charge in [-0.3, -0.25) is 9.89 Å². The first-order valence-electron chi connectivity index (χ1n) is 5.07. The van der Waals surface area contributed by atoms with Crippen LogP contribution in [0.3, 0.4) is 0 Å². The Hall–Kier alpha value is -1.35. The van der Waals surface area contributed by atoms with Gasteiger partial charge in [0.2, 0.25) is 0 Å². The quantitative estimate of drug-likeness (QED) is 0.771. The van der Waals surface area contributed by atoms with Crippen LogP contribution >= 0.6 is 11.6 Å². The zero-order valence-corrected chi connectivity index (χ0v) is 10.2. The average Bonchev–Trinajstić information content (AvgIpc) is 2.63. The molecular formula is C12H13ClN2O. The average molecular weight is 237 g/mol. The standard InChI is InChI=1S/C12H13ClN2O/c1-12(2,3)11(16)7-4-8-6-14-15-10(8)9(13)5-7/h4-6H,1-3H3,(H,14,15). The summed E-state index contributed by atoms with van der Waals surface area (Å²) < 4.78 is 0. The van der Waals surface area contributed by atoms with Crippen LogP contribution in [0.4, 0.5) is 0 Å². The molecule has 2 rings (SSSR count). The summed E-state index contributed by atoms with van der Waals surface area (Å²) in [5, 5.41) is 8.09. The molecule has 0 radical (unpaired) electrons. The van der Waals surface area contributed by atoms with Crippen molar-refractivity contribution in [2.75, 3.05) is 0 Å². The van der Waals surface area contributed by atoms with E-state index >= 15 is 0 Å². The van der Waals surface area contributed by atoms with Crippen LogP contribution in [-0.4, -0.2) is 16.0 Å². The fourth-order valence-corrected chi connectivity index (χ4v) is 1.85. The molecule has 0 atom stereocenters. The number of nitrogens with zero attached hydrogens (tertiary/aromatic N) is 1. The lowest BCUT2D eigenvalue weighted by Crippen LogP contribution is -2.20. The highest BCUT2D eigenvalue weighted by atomic mass is 35.5. The number of hydrogen-bond acceptors (Lipinski definition) is 2. The van der Waals surface area contributed by atoms with Crippen molar-refractivity contribution in [2.45, 2.75) is 20.8 Å². The van der Waals surface area contributed by atoms with Gasteiger partial charge in [-0.1, -0.05) is 32.4 Å². The van der Waals surface area contributed by atoms with E-state index in [1.54, 1.807) is 12.3 Å². The third-order valence-electron chi connectivity index (χ3n) is 2.44. The predicted molar refractivity (Wildman–Crippen MR) is 64.9 cm³/mol. The minimum Gasteiger partial charge on any atom is -0.294 e. The van der Waals surface area contributed by atoms with E-state index in [-0.39, 0.29) is 5.78 Å². The Labute approximate surface area is 98.8 Å². The van der Waals surface area contributed by atoms with Gasteiger partial charge >= 0.3 is 0 Å². The van der Waals surface area contributed by atoms with Crippen LogP contribution in [0, 0.1) is 5.41 Å². The van der Waals surface area contributed by atoms with Gasteiger partial charge in [-0.25, -0.2) is 0 Å². The second-order valence-electron chi connectivity index (χ2n) is 4.87. The van der Waals surface area contributed by atoms with Gasteiger partial charge in [-0.05, 0) is 12.1 Å². The summed E-state index contributed by atoms with van der Waals surface area (Å²) in [5.41, 5.74) is 0.999. The molecule has 1 heterocycles. The van der Waals surface area contributed by atoms with Crippen molar-refractivity contribution < 1.29 is 4.79 Å². The Kier molecular flexibility index (Phi) is 2.50. The number of fused-ring (bicyclic) bond motifs is 1. The molecular weight excluding hydrogens is 224 g/mol. The van der Waals surface area contributed by atoms with E-state index in [1.807, 2.05) is 26.8 Å². The van der Waals surface area contributed by atoms with Crippen LogP contribution in [0.15, 0.2) is 18.3 Å². The molecule has 16 heavy (non-hydrogen) atoms. The molecule has 0 spiro atoms. The van der Waals surface area contributed by atoms with Crippen LogP contribution in [-0.2, 0) is 0 Å². The zero-order chi connectivity index (χ0) is 11.9. The number of hydrogen-bond donors (Lipinski definition) is 1. The maximum absolute atomic E-state index is 12.1. The summed E-state index contributed by atoms with van der Waals surface area (Å²) in [6.07, 6.45) is 1.67. The topological polar surface area (TPSA) is 45.8 Å². The van der Waals surface area contributed by atoms with Gasteiger partial charge in [-0.2, -0.15) is 5.10 Å². The van der Waals surface area contributed by atoms with Gasteiger partial charge in [0.05, 0.1) is 16.7 Å². The highest BCUT2D eigenvalue weighted by Gasteiger charge is 2.23. The first-order chi connectivity index (χ1) is 7.39. The lowest BCUT2D eigenvalue weighted by atomic mass is 9.86. The molecule has 1 aromatic carbocycles. The summed E-state index contributed by atoms with van der Waals surface area (Å²) >= 11 is 6.07. The van der Waals surface area contributed by atoms with E-state index < -0.39 is 5.41 Å². The number of Topliss-reactive ketones (excluding diaryl/α,β-unsaturated/α-hetero) is 1. The maximum atomic E-state index is 12.1. The number of aromatic amines is 1. The SMILES string of the molecule is CC(C)(C)C(=O)c1cc(Cl)c2[nH]ncc2c1. The highest BCUT2D eigenvalue weighted by molar-refractivity contribution is 6.35. The molecule has 0 fully saturated rings. The highest BCUT2D eigenvalue weighted by Crippen LogP contribution is 2.27. The van der Waals surface area contributed by atoms with Gasteiger partial charge in [-0.15, -0.1) is 0 Å². The number of carbonyl (C=O) groups excluding carboxylic acids is 1. The monoisotopic (exact) mass is 236 g/mol. The van der Waals surface area contributed by atoms with E-state index in [0.29, 0.717) is 10.6 Å². The van der Waals surface area contributed by atoms with Gasteiger partial charge in [0.15, 0.2) is 5.78 Å². The molecule has 0 aliphatic carbocycles. The normalized spacial score (nSPS) is 12.0. The molecule has 4 heteroatoms. The van der Waals surface area contributed by atoms with Crippen molar-refractivity contribution in [1.29, 1.82) is 0 Å². The number of rotatable bonds is 1. The number of aromatic nitrogens is 2. The van der Waals surface area contributed by atoms with Gasteiger partial charge in [0, 0.05) is 16.4 Å². The second-order valence-corrected chi connectivity index (χ2v) is 5.28. The Bertz CT molecular complexity index is 552. The fraction of sp³-hybridized carbons (Fsp3) is 0.333. The summed E-state index contributed by atoms with van der Waals surface area (Å²) in [6, 6.07) is 3.51. The Morgan fingerprint density at radius 3 is 2.69 bits per heavy atom. The Morgan fingerprint density at radius 2 is 2.06 bits per heavy atom. The predicted octanol–water partition coefficient (Wildman–Crippen LogP) is 3.45. The number of H-pyrrole nitrogens is 1. The van der Waals surface area contributed by atoms with E-state index in [1.165, 1.54) is 0 Å². The molecule has 0 aliphatic heterocycles. The van der Waals surface area contributed by atoms with Gasteiger partial charge in [0.1, 0.15) is 0 Å². The van der Waals surface area contributed by atoms with Crippen LogP contribution in [0.2, 0.25) is 5.02 Å². The fourth-order valence-electron chi connectivity index (χ4n) is 1.58. The molecule has 0 aliphatic rings. The molecule has 0 saturated heterocycles. The zero-order valence-electron chi connectivity index (χ0n) is 9.47. The largest absolute Gasteiger partial charge is 0.294 e. The molecule has 1 N–H and O–H groups in total. The minimum atomic E-state index is -0.402. The molecule has 84 valence electrons. The lowest BCUT2D eigenvalue weighted by molar-refractivity contribution is 0.0858. The molecule has 0 unspecified atom stereocenters. The maximum Gasteiger partial charge on any atom is 0.168 e. The molecule has 3 nitrogen and oxygen atoms in total. The van der Waals surface area contributed by atoms with Crippen molar-refractivity contribution in [3.63, 3.8) is 0 Å². The lowest BCUT2D eigenvalue weighted by Gasteiger charge is -2.16. The van der Waals surface area contributed by atoms with Crippen molar-refractivity contribution >= 4 is 28.3 Å². The Morgan fingerprint density at radius 1 is 1.38 bits per heavy atom. The minimum absolute atomic E-state index is 0.0810. The van der Waals surface area contributed by atoms with E-state index in [9.17, 15) is 4.79 Å². The van der Waals surface area contributed by atoms with Crippen LogP contribution in [0.25, 0.3) is 10.9 Å². The number of carbonyl (C=O) groups is 1. The van der Waals surface area contributed by atoms with E-state index in [4.69, 9.17) is 11.6 Å².